The fourth-order valence-corrected chi connectivity index (χ4v) is 2.63. The number of alkyl halides is 3. The molecular formula is C19H16F3N3O. The quantitative estimate of drug-likeness (QED) is 0.728. The zero-order valence-electron chi connectivity index (χ0n) is 13.6. The molecule has 1 N–H and O–H groups in total. The number of rotatable bonds is 5. The van der Waals surface area contributed by atoms with Gasteiger partial charge in [-0.15, -0.1) is 0 Å². The summed E-state index contributed by atoms with van der Waals surface area (Å²) in [6.45, 7) is 0. The number of benzene rings is 1. The van der Waals surface area contributed by atoms with Gasteiger partial charge in [0, 0.05) is 18.6 Å². The average molecular weight is 359 g/mol. The van der Waals surface area contributed by atoms with E-state index in [1.807, 2.05) is 59.4 Å². The fourth-order valence-electron chi connectivity index (χ4n) is 2.63. The van der Waals surface area contributed by atoms with Crippen LogP contribution in [0.25, 0.3) is 0 Å². The molecule has 0 bridgehead atoms. The van der Waals surface area contributed by atoms with Crippen LogP contribution in [0.2, 0.25) is 0 Å². The van der Waals surface area contributed by atoms with Crippen molar-refractivity contribution in [2.75, 3.05) is 5.32 Å². The smallest absolute Gasteiger partial charge is 0.346 e. The minimum atomic E-state index is -4.46. The number of anilines is 1. The van der Waals surface area contributed by atoms with E-state index in [1.165, 1.54) is 0 Å². The summed E-state index contributed by atoms with van der Waals surface area (Å²) in [7, 11) is 0. The van der Waals surface area contributed by atoms with Gasteiger partial charge in [-0.2, -0.15) is 13.2 Å². The van der Waals surface area contributed by atoms with Crippen molar-refractivity contribution >= 4 is 11.7 Å². The summed E-state index contributed by atoms with van der Waals surface area (Å²) in [5.41, 5.74) is 0.101. The Labute approximate surface area is 148 Å². The van der Waals surface area contributed by atoms with Crippen LogP contribution >= 0.6 is 0 Å². The SMILES string of the molecule is O=C(C[C@@H](c1ccccc1)n1cccc1)Nc1ccc(C(F)(F)F)cn1. The molecule has 0 unspecified atom stereocenters. The molecule has 1 aromatic carbocycles. The molecule has 0 spiro atoms. The second-order valence-corrected chi connectivity index (χ2v) is 5.74. The van der Waals surface area contributed by atoms with Gasteiger partial charge in [-0.3, -0.25) is 4.79 Å². The summed E-state index contributed by atoms with van der Waals surface area (Å²) < 4.78 is 39.6. The lowest BCUT2D eigenvalue weighted by molar-refractivity contribution is -0.137. The molecule has 1 atom stereocenters. The molecule has 3 aromatic rings. The first-order valence-corrected chi connectivity index (χ1v) is 7.94. The van der Waals surface area contributed by atoms with Gasteiger partial charge < -0.3 is 9.88 Å². The largest absolute Gasteiger partial charge is 0.417 e. The van der Waals surface area contributed by atoms with Crippen molar-refractivity contribution in [3.8, 4) is 0 Å². The van der Waals surface area contributed by atoms with E-state index in [4.69, 9.17) is 0 Å². The molecule has 0 aliphatic rings. The summed E-state index contributed by atoms with van der Waals surface area (Å²) in [5.74, 6) is -0.248. The first-order chi connectivity index (χ1) is 12.4. The van der Waals surface area contributed by atoms with Crippen molar-refractivity contribution in [2.24, 2.45) is 0 Å². The predicted molar refractivity (Wildman–Crippen MR) is 91.5 cm³/mol. The van der Waals surface area contributed by atoms with Crippen molar-refractivity contribution in [3.63, 3.8) is 0 Å². The Morgan fingerprint density at radius 1 is 1.04 bits per heavy atom. The number of hydrogen-bond acceptors (Lipinski definition) is 2. The minimum absolute atomic E-state index is 0.0855. The van der Waals surface area contributed by atoms with E-state index >= 15 is 0 Å². The number of carbonyl (C=O) groups is 1. The number of nitrogens with one attached hydrogen (secondary N) is 1. The monoisotopic (exact) mass is 359 g/mol. The van der Waals surface area contributed by atoms with Gasteiger partial charge in [0.25, 0.3) is 0 Å². The van der Waals surface area contributed by atoms with Gasteiger partial charge >= 0.3 is 6.18 Å². The van der Waals surface area contributed by atoms with E-state index in [0.717, 1.165) is 17.7 Å². The van der Waals surface area contributed by atoms with Crippen molar-refractivity contribution in [1.82, 2.24) is 9.55 Å². The molecule has 0 saturated heterocycles. The second kappa shape index (κ2) is 7.43. The Bertz CT molecular complexity index is 844. The zero-order valence-corrected chi connectivity index (χ0v) is 13.6. The van der Waals surface area contributed by atoms with E-state index < -0.39 is 11.7 Å². The lowest BCUT2D eigenvalue weighted by Crippen LogP contribution is -2.20. The number of pyridine rings is 1. The van der Waals surface area contributed by atoms with Gasteiger partial charge in [0.15, 0.2) is 0 Å². The lowest BCUT2D eigenvalue weighted by atomic mass is 10.0. The van der Waals surface area contributed by atoms with Crippen LogP contribution in [0.15, 0.2) is 73.2 Å². The van der Waals surface area contributed by atoms with Crippen LogP contribution in [0.5, 0.6) is 0 Å². The summed E-state index contributed by atoms with van der Waals surface area (Å²) in [6.07, 6.45) is 0.0998. The Hall–Kier alpha value is -3.09. The standard InChI is InChI=1S/C19H16F3N3O/c20-19(21,22)15-8-9-17(23-13-15)24-18(26)12-16(25-10-4-5-11-25)14-6-2-1-3-7-14/h1-11,13,16H,12H2,(H,23,24,26)/t16-/m0/s1. The third-order valence-corrected chi connectivity index (χ3v) is 3.91. The first kappa shape index (κ1) is 17.7. The number of hydrogen-bond donors (Lipinski definition) is 1. The van der Waals surface area contributed by atoms with Gasteiger partial charge in [0.1, 0.15) is 5.82 Å². The molecule has 2 heterocycles. The second-order valence-electron chi connectivity index (χ2n) is 5.74. The highest BCUT2D eigenvalue weighted by molar-refractivity contribution is 5.90. The molecule has 0 saturated carbocycles. The molecule has 0 aliphatic heterocycles. The third kappa shape index (κ3) is 4.30. The molecule has 1 amide bonds. The van der Waals surface area contributed by atoms with Crippen LogP contribution in [0.3, 0.4) is 0 Å². The van der Waals surface area contributed by atoms with Crippen molar-refractivity contribution in [1.29, 1.82) is 0 Å². The zero-order chi connectivity index (χ0) is 18.6. The topological polar surface area (TPSA) is 46.9 Å². The van der Waals surface area contributed by atoms with E-state index in [9.17, 15) is 18.0 Å². The van der Waals surface area contributed by atoms with Crippen LogP contribution in [0.1, 0.15) is 23.6 Å². The summed E-state index contributed by atoms with van der Waals surface area (Å²) in [4.78, 5) is 16.1. The molecule has 7 heteroatoms. The maximum Gasteiger partial charge on any atom is 0.417 e. The van der Waals surface area contributed by atoms with E-state index in [1.54, 1.807) is 0 Å². The lowest BCUT2D eigenvalue weighted by Gasteiger charge is -2.19. The highest BCUT2D eigenvalue weighted by Crippen LogP contribution is 2.29. The Balaban J connectivity index is 1.72. The molecule has 2 aromatic heterocycles. The maximum atomic E-state index is 12.6. The predicted octanol–water partition coefficient (Wildman–Crippen LogP) is 4.52. The third-order valence-electron chi connectivity index (χ3n) is 3.91. The van der Waals surface area contributed by atoms with Gasteiger partial charge in [0.05, 0.1) is 18.0 Å². The van der Waals surface area contributed by atoms with Crippen LogP contribution in [0, 0.1) is 0 Å². The summed E-state index contributed by atoms with van der Waals surface area (Å²) in [5, 5.41) is 2.55. The first-order valence-electron chi connectivity index (χ1n) is 7.94. The van der Waals surface area contributed by atoms with Crippen molar-refractivity contribution in [2.45, 2.75) is 18.6 Å². The molecule has 134 valence electrons. The van der Waals surface area contributed by atoms with E-state index in [-0.39, 0.29) is 24.2 Å². The molecule has 0 radical (unpaired) electrons. The normalized spacial score (nSPS) is 12.6. The Morgan fingerprint density at radius 2 is 1.73 bits per heavy atom. The molecule has 0 fully saturated rings. The molecule has 26 heavy (non-hydrogen) atoms. The molecular weight excluding hydrogens is 343 g/mol. The van der Waals surface area contributed by atoms with Gasteiger partial charge in [-0.1, -0.05) is 30.3 Å². The summed E-state index contributed by atoms with van der Waals surface area (Å²) >= 11 is 0. The van der Waals surface area contributed by atoms with Gasteiger partial charge in [-0.05, 0) is 29.8 Å². The minimum Gasteiger partial charge on any atom is -0.346 e. The number of halogens is 3. The number of nitrogens with zero attached hydrogens (tertiary/aromatic N) is 2. The molecule has 4 nitrogen and oxygen atoms in total. The van der Waals surface area contributed by atoms with Gasteiger partial charge in [0.2, 0.25) is 5.91 Å². The van der Waals surface area contributed by atoms with E-state index in [2.05, 4.69) is 10.3 Å². The molecule has 3 rings (SSSR count). The molecule has 0 aliphatic carbocycles. The number of carbonyl (C=O) groups excluding carboxylic acids is 1. The Kier molecular flexibility index (Phi) is 5.06. The van der Waals surface area contributed by atoms with Crippen LogP contribution in [-0.4, -0.2) is 15.5 Å². The number of aromatic nitrogens is 2. The van der Waals surface area contributed by atoms with E-state index in [0.29, 0.717) is 6.20 Å². The highest BCUT2D eigenvalue weighted by Gasteiger charge is 2.30. The number of amides is 1. The fraction of sp³-hybridized carbons (Fsp3) is 0.158. The Morgan fingerprint density at radius 3 is 2.31 bits per heavy atom. The van der Waals surface area contributed by atoms with Crippen molar-refractivity contribution < 1.29 is 18.0 Å². The van der Waals surface area contributed by atoms with Crippen molar-refractivity contribution in [3.05, 3.63) is 84.3 Å². The average Bonchev–Trinajstić information content (AvgIpc) is 3.14. The summed E-state index contributed by atoms with van der Waals surface area (Å²) in [6, 6.07) is 15.1. The highest BCUT2D eigenvalue weighted by atomic mass is 19.4. The van der Waals surface area contributed by atoms with Gasteiger partial charge in [-0.25, -0.2) is 4.98 Å². The van der Waals surface area contributed by atoms with Crippen LogP contribution < -0.4 is 5.32 Å². The van der Waals surface area contributed by atoms with Crippen LogP contribution in [-0.2, 0) is 11.0 Å². The van der Waals surface area contributed by atoms with Crippen LogP contribution in [0.4, 0.5) is 19.0 Å². The maximum absolute atomic E-state index is 12.6.